The number of benzene rings is 3. The van der Waals surface area contributed by atoms with E-state index >= 15 is 0 Å². The van der Waals surface area contributed by atoms with Gasteiger partial charge in [-0.25, -0.2) is 8.42 Å². The normalized spacial score (nSPS) is 13.6. The van der Waals surface area contributed by atoms with Crippen LogP contribution in [0.5, 0.6) is 0 Å². The van der Waals surface area contributed by atoms with Gasteiger partial charge in [0.15, 0.2) is 9.84 Å². The summed E-state index contributed by atoms with van der Waals surface area (Å²) in [7, 11) is -3.35. The molecule has 3 nitrogen and oxygen atoms in total. The molecule has 0 aliphatic carbocycles. The quantitative estimate of drug-likeness (QED) is 0.356. The molecule has 4 heteroatoms. The third-order valence-electron chi connectivity index (χ3n) is 6.14. The summed E-state index contributed by atoms with van der Waals surface area (Å²) in [5.74, 6) is 0.622. The lowest BCUT2D eigenvalue weighted by molar-refractivity contribution is 0.405. The Labute approximate surface area is 193 Å². The molecule has 3 rings (SSSR count). The molecule has 2 unspecified atom stereocenters. The van der Waals surface area contributed by atoms with Crippen LogP contribution in [-0.2, 0) is 9.84 Å². The fraction of sp³-hybridized carbons (Fsp3) is 0.357. The predicted molar refractivity (Wildman–Crippen MR) is 135 cm³/mol. The lowest BCUT2D eigenvalue weighted by Crippen LogP contribution is -2.28. The van der Waals surface area contributed by atoms with Gasteiger partial charge in [0.25, 0.3) is 0 Å². The highest BCUT2D eigenvalue weighted by atomic mass is 32.2. The summed E-state index contributed by atoms with van der Waals surface area (Å²) >= 11 is 0. The average molecular weight is 450 g/mol. The average Bonchev–Trinajstić information content (AvgIpc) is 2.81. The van der Waals surface area contributed by atoms with Crippen LogP contribution in [0, 0.1) is 5.92 Å². The lowest BCUT2D eigenvalue weighted by Gasteiger charge is -2.26. The van der Waals surface area contributed by atoms with Crippen molar-refractivity contribution in [3.05, 3.63) is 90.0 Å². The van der Waals surface area contributed by atoms with Gasteiger partial charge in [-0.15, -0.1) is 0 Å². The molecule has 0 saturated carbocycles. The number of nitrogens with one attached hydrogen (secondary N) is 1. The minimum Gasteiger partial charge on any atom is -0.306 e. The molecule has 0 bridgehead atoms. The Morgan fingerprint density at radius 3 is 2.09 bits per heavy atom. The minimum absolute atomic E-state index is 0.0179. The van der Waals surface area contributed by atoms with Gasteiger partial charge in [0.1, 0.15) is 0 Å². The topological polar surface area (TPSA) is 46.2 Å². The Kier molecular flexibility index (Phi) is 8.66. The van der Waals surface area contributed by atoms with Crippen LogP contribution in [-0.4, -0.2) is 21.2 Å². The summed E-state index contributed by atoms with van der Waals surface area (Å²) in [6.45, 7) is 5.43. The standard InChI is InChI=1S/C28H35NO2S/c1-4-6-14-22(5-2)21-29-28(23-15-8-7-9-16-23)26-19-11-10-17-24(26)25-18-12-13-20-27(25)32(3,30)31/h7-13,15-20,22,28-29H,4-6,14,21H2,1-3H3. The molecular formula is C28H35NO2S. The first-order valence-electron chi connectivity index (χ1n) is 11.6. The summed E-state index contributed by atoms with van der Waals surface area (Å²) in [5.41, 5.74) is 3.99. The predicted octanol–water partition coefficient (Wildman–Crippen LogP) is 6.65. The zero-order chi connectivity index (χ0) is 23.0. The van der Waals surface area contributed by atoms with E-state index in [1.54, 1.807) is 12.1 Å². The van der Waals surface area contributed by atoms with Gasteiger partial charge in [0.2, 0.25) is 0 Å². The van der Waals surface area contributed by atoms with Gasteiger partial charge < -0.3 is 5.32 Å². The van der Waals surface area contributed by atoms with Crippen LogP contribution in [0.4, 0.5) is 0 Å². The molecule has 3 aromatic rings. The molecule has 0 aliphatic heterocycles. The first-order valence-corrected chi connectivity index (χ1v) is 13.5. The number of hydrogen-bond donors (Lipinski definition) is 1. The molecule has 0 aliphatic rings. The molecule has 3 aromatic carbocycles. The zero-order valence-corrected chi connectivity index (χ0v) is 20.2. The molecule has 0 radical (unpaired) electrons. The van der Waals surface area contributed by atoms with Crippen molar-refractivity contribution in [2.45, 2.75) is 50.5 Å². The van der Waals surface area contributed by atoms with Crippen molar-refractivity contribution >= 4 is 9.84 Å². The highest BCUT2D eigenvalue weighted by Gasteiger charge is 2.22. The van der Waals surface area contributed by atoms with Crippen LogP contribution in [0.25, 0.3) is 11.1 Å². The van der Waals surface area contributed by atoms with E-state index < -0.39 is 9.84 Å². The van der Waals surface area contributed by atoms with Crippen molar-refractivity contribution < 1.29 is 8.42 Å². The van der Waals surface area contributed by atoms with Gasteiger partial charge in [-0.3, -0.25) is 0 Å². The molecule has 170 valence electrons. The first-order chi connectivity index (χ1) is 15.5. The second-order valence-electron chi connectivity index (χ2n) is 8.52. The van der Waals surface area contributed by atoms with Crippen molar-refractivity contribution in [1.82, 2.24) is 5.32 Å². The second kappa shape index (κ2) is 11.4. The van der Waals surface area contributed by atoms with Crippen molar-refractivity contribution in [3.8, 4) is 11.1 Å². The fourth-order valence-corrected chi connectivity index (χ4v) is 5.19. The van der Waals surface area contributed by atoms with Gasteiger partial charge in [-0.1, -0.05) is 106 Å². The van der Waals surface area contributed by atoms with E-state index in [0.717, 1.165) is 29.7 Å². The van der Waals surface area contributed by atoms with Crippen LogP contribution >= 0.6 is 0 Å². The molecule has 32 heavy (non-hydrogen) atoms. The number of unbranched alkanes of at least 4 members (excludes halogenated alkanes) is 1. The summed E-state index contributed by atoms with van der Waals surface area (Å²) < 4.78 is 25.0. The summed E-state index contributed by atoms with van der Waals surface area (Å²) in [5, 5.41) is 3.83. The Hall–Kier alpha value is -2.43. The molecule has 2 atom stereocenters. The fourth-order valence-electron chi connectivity index (χ4n) is 4.29. The lowest BCUT2D eigenvalue weighted by atomic mass is 9.90. The van der Waals surface area contributed by atoms with Gasteiger partial charge in [0, 0.05) is 11.8 Å². The highest BCUT2D eigenvalue weighted by Crippen LogP contribution is 2.35. The Morgan fingerprint density at radius 1 is 0.812 bits per heavy atom. The maximum atomic E-state index is 12.5. The summed E-state index contributed by atoms with van der Waals surface area (Å²) in [4.78, 5) is 0.369. The van der Waals surface area contributed by atoms with Crippen molar-refractivity contribution in [2.75, 3.05) is 12.8 Å². The monoisotopic (exact) mass is 449 g/mol. The van der Waals surface area contributed by atoms with E-state index in [4.69, 9.17) is 0 Å². The SMILES string of the molecule is CCCCC(CC)CNC(c1ccccc1)c1ccccc1-c1ccccc1S(C)(=O)=O. The van der Waals surface area contributed by atoms with Crippen molar-refractivity contribution in [1.29, 1.82) is 0 Å². The molecule has 0 amide bonds. The van der Waals surface area contributed by atoms with Crippen LogP contribution in [0.1, 0.15) is 56.7 Å². The van der Waals surface area contributed by atoms with E-state index in [2.05, 4.69) is 49.5 Å². The van der Waals surface area contributed by atoms with E-state index in [1.165, 1.54) is 31.1 Å². The third kappa shape index (κ3) is 6.08. The molecule has 1 N–H and O–H groups in total. The van der Waals surface area contributed by atoms with Gasteiger partial charge in [-0.05, 0) is 41.6 Å². The van der Waals surface area contributed by atoms with Gasteiger partial charge in [-0.2, -0.15) is 0 Å². The van der Waals surface area contributed by atoms with Crippen LogP contribution < -0.4 is 5.32 Å². The van der Waals surface area contributed by atoms with Crippen LogP contribution in [0.3, 0.4) is 0 Å². The third-order valence-corrected chi connectivity index (χ3v) is 7.29. The van der Waals surface area contributed by atoms with E-state index in [-0.39, 0.29) is 6.04 Å². The molecule has 0 aromatic heterocycles. The molecule has 0 saturated heterocycles. The molecule has 0 spiro atoms. The van der Waals surface area contributed by atoms with Crippen LogP contribution in [0.15, 0.2) is 83.8 Å². The highest BCUT2D eigenvalue weighted by molar-refractivity contribution is 7.90. The Morgan fingerprint density at radius 2 is 1.44 bits per heavy atom. The van der Waals surface area contributed by atoms with Gasteiger partial charge >= 0.3 is 0 Å². The maximum Gasteiger partial charge on any atom is 0.176 e. The first kappa shape index (κ1) is 24.2. The van der Waals surface area contributed by atoms with E-state index in [0.29, 0.717) is 10.8 Å². The van der Waals surface area contributed by atoms with Crippen LogP contribution in [0.2, 0.25) is 0 Å². The zero-order valence-electron chi connectivity index (χ0n) is 19.4. The number of hydrogen-bond acceptors (Lipinski definition) is 3. The van der Waals surface area contributed by atoms with E-state index in [1.807, 2.05) is 36.4 Å². The van der Waals surface area contributed by atoms with Gasteiger partial charge in [0.05, 0.1) is 10.9 Å². The summed E-state index contributed by atoms with van der Waals surface area (Å²) in [6, 6.07) is 25.9. The number of sulfone groups is 1. The molecular weight excluding hydrogens is 414 g/mol. The summed E-state index contributed by atoms with van der Waals surface area (Å²) in [6.07, 6.45) is 6.10. The largest absolute Gasteiger partial charge is 0.306 e. The van der Waals surface area contributed by atoms with E-state index in [9.17, 15) is 8.42 Å². The molecule has 0 heterocycles. The van der Waals surface area contributed by atoms with Crippen molar-refractivity contribution in [3.63, 3.8) is 0 Å². The smallest absolute Gasteiger partial charge is 0.176 e. The number of rotatable bonds is 11. The second-order valence-corrected chi connectivity index (χ2v) is 10.5. The maximum absolute atomic E-state index is 12.5. The Bertz CT molecular complexity index is 1090. The van der Waals surface area contributed by atoms with Crippen molar-refractivity contribution in [2.24, 2.45) is 5.92 Å². The Balaban J connectivity index is 2.06. The minimum atomic E-state index is -3.35. The molecule has 0 fully saturated rings.